The van der Waals surface area contributed by atoms with Gasteiger partial charge in [-0.2, -0.15) is 0 Å². The van der Waals surface area contributed by atoms with E-state index < -0.39 is 11.9 Å². The lowest BCUT2D eigenvalue weighted by Crippen LogP contribution is -2.31. The number of carbonyl (C=O) groups is 1. The molecule has 0 fully saturated rings. The van der Waals surface area contributed by atoms with Crippen molar-refractivity contribution in [1.82, 2.24) is 5.32 Å². The molecule has 5 heteroatoms. The van der Waals surface area contributed by atoms with E-state index in [4.69, 9.17) is 16.7 Å². The predicted molar refractivity (Wildman–Crippen MR) is 59.8 cm³/mol. The van der Waals surface area contributed by atoms with Gasteiger partial charge in [0.25, 0.3) is 0 Å². The summed E-state index contributed by atoms with van der Waals surface area (Å²) in [7, 11) is 0. The minimum absolute atomic E-state index is 0.0598. The van der Waals surface area contributed by atoms with Crippen LogP contribution in [-0.2, 0) is 11.2 Å². The Morgan fingerprint density at radius 3 is 2.88 bits per heavy atom. The largest absolute Gasteiger partial charge is 0.392 e. The molecule has 0 radical (unpaired) electrons. The number of amides is 1. The van der Waals surface area contributed by atoms with Crippen molar-refractivity contribution in [2.45, 2.75) is 19.4 Å². The van der Waals surface area contributed by atoms with Crippen LogP contribution in [0.2, 0.25) is 5.02 Å². The molecule has 0 spiro atoms. The van der Waals surface area contributed by atoms with Crippen molar-refractivity contribution in [3.8, 4) is 0 Å². The Balaban J connectivity index is 2.56. The van der Waals surface area contributed by atoms with Crippen LogP contribution in [0.3, 0.4) is 0 Å². The maximum absolute atomic E-state index is 13.3. The summed E-state index contributed by atoms with van der Waals surface area (Å²) < 4.78 is 13.3. The molecule has 0 bridgehead atoms. The monoisotopic (exact) mass is 245 g/mol. The molecule has 2 N–H and O–H groups in total. The highest BCUT2D eigenvalue weighted by Gasteiger charge is 2.08. The van der Waals surface area contributed by atoms with Gasteiger partial charge in [-0.25, -0.2) is 4.39 Å². The van der Waals surface area contributed by atoms with E-state index in [9.17, 15) is 9.18 Å². The van der Waals surface area contributed by atoms with Gasteiger partial charge in [0, 0.05) is 11.6 Å². The van der Waals surface area contributed by atoms with Crippen LogP contribution in [0.15, 0.2) is 18.2 Å². The Bertz CT molecular complexity index is 382. The standard InChI is InChI=1S/C11H13ClFNO2/c1-7(15)6-14-11(16)4-8-2-3-9(12)5-10(8)13/h2-3,5,7,15H,4,6H2,1H3,(H,14,16). The van der Waals surface area contributed by atoms with Gasteiger partial charge in [0.05, 0.1) is 12.5 Å². The molecule has 16 heavy (non-hydrogen) atoms. The zero-order valence-corrected chi connectivity index (χ0v) is 9.59. The van der Waals surface area contributed by atoms with Gasteiger partial charge in [-0.15, -0.1) is 0 Å². The highest BCUT2D eigenvalue weighted by atomic mass is 35.5. The molecule has 1 atom stereocenters. The summed E-state index contributed by atoms with van der Waals surface area (Å²) in [6, 6.07) is 4.17. The van der Waals surface area contributed by atoms with Crippen molar-refractivity contribution in [1.29, 1.82) is 0 Å². The average Bonchev–Trinajstić information content (AvgIpc) is 2.19. The number of carbonyl (C=O) groups excluding carboxylic acids is 1. The second-order valence-corrected chi connectivity index (χ2v) is 4.00. The summed E-state index contributed by atoms with van der Waals surface area (Å²) in [5.74, 6) is -0.832. The lowest BCUT2D eigenvalue weighted by molar-refractivity contribution is -0.120. The Hall–Kier alpha value is -1.13. The summed E-state index contributed by atoms with van der Waals surface area (Å²) >= 11 is 5.58. The first-order valence-corrected chi connectivity index (χ1v) is 5.25. The Morgan fingerprint density at radius 1 is 1.62 bits per heavy atom. The molecule has 0 saturated carbocycles. The van der Waals surface area contributed by atoms with E-state index in [2.05, 4.69) is 5.32 Å². The van der Waals surface area contributed by atoms with E-state index in [-0.39, 0.29) is 24.4 Å². The molecule has 0 heterocycles. The van der Waals surface area contributed by atoms with Gasteiger partial charge in [-0.3, -0.25) is 4.79 Å². The number of rotatable bonds is 4. The smallest absolute Gasteiger partial charge is 0.224 e. The molecule has 3 nitrogen and oxygen atoms in total. The number of hydrogen-bond donors (Lipinski definition) is 2. The SMILES string of the molecule is CC(O)CNC(=O)Cc1ccc(Cl)cc1F. The third-order valence-electron chi connectivity index (χ3n) is 1.96. The summed E-state index contributed by atoms with van der Waals surface area (Å²) in [6.45, 7) is 1.72. The molecule has 0 aliphatic carbocycles. The minimum Gasteiger partial charge on any atom is -0.392 e. The highest BCUT2D eigenvalue weighted by molar-refractivity contribution is 6.30. The molecule has 1 amide bonds. The van der Waals surface area contributed by atoms with Crippen LogP contribution >= 0.6 is 11.6 Å². The van der Waals surface area contributed by atoms with Crippen molar-refractivity contribution in [3.63, 3.8) is 0 Å². The van der Waals surface area contributed by atoms with Crippen LogP contribution in [0.1, 0.15) is 12.5 Å². The van der Waals surface area contributed by atoms with Crippen molar-refractivity contribution < 1.29 is 14.3 Å². The van der Waals surface area contributed by atoms with Crippen molar-refractivity contribution >= 4 is 17.5 Å². The molecule has 1 rings (SSSR count). The first kappa shape index (κ1) is 12.9. The maximum Gasteiger partial charge on any atom is 0.224 e. The topological polar surface area (TPSA) is 49.3 Å². The molecule has 1 aromatic rings. The van der Waals surface area contributed by atoms with Crippen molar-refractivity contribution in [2.75, 3.05) is 6.54 Å². The zero-order chi connectivity index (χ0) is 12.1. The number of hydrogen-bond acceptors (Lipinski definition) is 2. The van der Waals surface area contributed by atoms with Crippen LogP contribution in [0.4, 0.5) is 4.39 Å². The van der Waals surface area contributed by atoms with E-state index in [1.807, 2.05) is 0 Å². The van der Waals surface area contributed by atoms with E-state index in [1.165, 1.54) is 18.2 Å². The highest BCUT2D eigenvalue weighted by Crippen LogP contribution is 2.14. The number of aliphatic hydroxyl groups is 1. The maximum atomic E-state index is 13.3. The van der Waals surface area contributed by atoms with Gasteiger partial charge in [-0.05, 0) is 24.6 Å². The second-order valence-electron chi connectivity index (χ2n) is 3.57. The van der Waals surface area contributed by atoms with Crippen LogP contribution in [-0.4, -0.2) is 23.7 Å². The molecule has 0 aliphatic heterocycles. The van der Waals surface area contributed by atoms with Crippen LogP contribution in [0, 0.1) is 5.82 Å². The number of aliphatic hydroxyl groups excluding tert-OH is 1. The average molecular weight is 246 g/mol. The Morgan fingerprint density at radius 2 is 2.31 bits per heavy atom. The molecule has 88 valence electrons. The molecular weight excluding hydrogens is 233 g/mol. The number of halogens is 2. The lowest BCUT2D eigenvalue weighted by atomic mass is 10.1. The van der Waals surface area contributed by atoms with Crippen LogP contribution < -0.4 is 5.32 Å². The third kappa shape index (κ3) is 4.16. The Labute approximate surface area is 98.2 Å². The van der Waals surface area contributed by atoms with Gasteiger partial charge in [0.2, 0.25) is 5.91 Å². The predicted octanol–water partition coefficient (Wildman–Crippen LogP) is 1.52. The number of nitrogens with one attached hydrogen (secondary N) is 1. The summed E-state index contributed by atoms with van der Waals surface area (Å²) in [6.07, 6.45) is -0.672. The normalized spacial score (nSPS) is 12.2. The molecule has 0 aliphatic rings. The molecule has 0 aromatic heterocycles. The lowest BCUT2D eigenvalue weighted by Gasteiger charge is -2.07. The van der Waals surface area contributed by atoms with E-state index >= 15 is 0 Å². The zero-order valence-electron chi connectivity index (χ0n) is 8.84. The summed E-state index contributed by atoms with van der Waals surface area (Å²) in [5, 5.41) is 11.7. The van der Waals surface area contributed by atoms with Crippen molar-refractivity contribution in [3.05, 3.63) is 34.6 Å². The fraction of sp³-hybridized carbons (Fsp3) is 0.364. The summed E-state index contributed by atoms with van der Waals surface area (Å²) in [5.41, 5.74) is 0.285. The van der Waals surface area contributed by atoms with Crippen molar-refractivity contribution in [2.24, 2.45) is 0 Å². The third-order valence-corrected chi connectivity index (χ3v) is 2.20. The first-order valence-electron chi connectivity index (χ1n) is 4.87. The molecular formula is C11H13ClFNO2. The van der Waals surface area contributed by atoms with E-state index in [0.717, 1.165) is 0 Å². The van der Waals surface area contributed by atoms with E-state index in [1.54, 1.807) is 6.92 Å². The minimum atomic E-state index is -0.612. The van der Waals surface area contributed by atoms with Crippen LogP contribution in [0.25, 0.3) is 0 Å². The van der Waals surface area contributed by atoms with Gasteiger partial charge in [0.15, 0.2) is 0 Å². The van der Waals surface area contributed by atoms with E-state index in [0.29, 0.717) is 5.02 Å². The molecule has 0 saturated heterocycles. The summed E-state index contributed by atoms with van der Waals surface area (Å²) in [4.78, 5) is 11.3. The number of benzene rings is 1. The first-order chi connectivity index (χ1) is 7.49. The second kappa shape index (κ2) is 5.82. The quantitative estimate of drug-likeness (QED) is 0.845. The fourth-order valence-corrected chi connectivity index (χ4v) is 1.32. The van der Waals surface area contributed by atoms with Gasteiger partial charge in [-0.1, -0.05) is 17.7 Å². The molecule has 1 aromatic carbocycles. The van der Waals surface area contributed by atoms with Gasteiger partial charge in [0.1, 0.15) is 5.82 Å². The van der Waals surface area contributed by atoms with Crippen LogP contribution in [0.5, 0.6) is 0 Å². The molecule has 1 unspecified atom stereocenters. The van der Waals surface area contributed by atoms with Gasteiger partial charge >= 0.3 is 0 Å². The Kier molecular flexibility index (Phi) is 4.71. The fourth-order valence-electron chi connectivity index (χ4n) is 1.16. The van der Waals surface area contributed by atoms with Gasteiger partial charge < -0.3 is 10.4 Å².